The van der Waals surface area contributed by atoms with E-state index in [1.54, 1.807) is 13.2 Å². The summed E-state index contributed by atoms with van der Waals surface area (Å²) in [6.07, 6.45) is 0. The molecule has 29 heavy (non-hydrogen) atoms. The van der Waals surface area contributed by atoms with Crippen molar-refractivity contribution in [2.24, 2.45) is 0 Å². The standard InChI is InChI=1S/C22H19Cl2NO4/c1-28-21-10-14(12-25-19-11-16(22(26)27)6-7-18(19)24)5-8-20(21)29-13-15-3-2-4-17(23)9-15/h2-11,25H,12-13H2,1H3,(H,26,27). The predicted molar refractivity (Wildman–Crippen MR) is 115 cm³/mol. The number of carbonyl (C=O) groups is 1. The second-order valence-corrected chi connectivity index (χ2v) is 7.10. The van der Waals surface area contributed by atoms with Crippen molar-refractivity contribution in [3.8, 4) is 11.5 Å². The topological polar surface area (TPSA) is 67.8 Å². The van der Waals surface area contributed by atoms with Gasteiger partial charge in [0.05, 0.1) is 23.4 Å². The highest BCUT2D eigenvalue weighted by molar-refractivity contribution is 6.33. The molecule has 2 N–H and O–H groups in total. The number of benzene rings is 3. The molecule has 0 heterocycles. The van der Waals surface area contributed by atoms with E-state index in [4.69, 9.17) is 37.8 Å². The van der Waals surface area contributed by atoms with Crippen LogP contribution >= 0.6 is 23.2 Å². The van der Waals surface area contributed by atoms with Crippen LogP contribution in [0.3, 0.4) is 0 Å². The van der Waals surface area contributed by atoms with Gasteiger partial charge in [0.2, 0.25) is 0 Å². The monoisotopic (exact) mass is 431 g/mol. The van der Waals surface area contributed by atoms with Crippen molar-refractivity contribution >= 4 is 34.9 Å². The van der Waals surface area contributed by atoms with Crippen molar-refractivity contribution in [1.82, 2.24) is 0 Å². The van der Waals surface area contributed by atoms with E-state index in [1.165, 1.54) is 12.1 Å². The van der Waals surface area contributed by atoms with Gasteiger partial charge >= 0.3 is 5.97 Å². The van der Waals surface area contributed by atoms with Crippen LogP contribution in [0.5, 0.6) is 11.5 Å². The van der Waals surface area contributed by atoms with Crippen molar-refractivity contribution in [3.63, 3.8) is 0 Å². The minimum Gasteiger partial charge on any atom is -0.493 e. The molecule has 0 fully saturated rings. The van der Waals surface area contributed by atoms with Crippen LogP contribution in [-0.4, -0.2) is 18.2 Å². The zero-order valence-electron chi connectivity index (χ0n) is 15.6. The molecule has 3 aromatic carbocycles. The average Bonchev–Trinajstić information content (AvgIpc) is 2.71. The zero-order chi connectivity index (χ0) is 20.8. The Hall–Kier alpha value is -2.89. The smallest absolute Gasteiger partial charge is 0.335 e. The van der Waals surface area contributed by atoms with E-state index in [9.17, 15) is 4.79 Å². The molecule has 0 bridgehead atoms. The van der Waals surface area contributed by atoms with Crippen LogP contribution in [0.4, 0.5) is 5.69 Å². The number of hydrogen-bond donors (Lipinski definition) is 2. The summed E-state index contributed by atoms with van der Waals surface area (Å²) in [7, 11) is 1.58. The number of anilines is 1. The molecule has 0 spiro atoms. The third kappa shape index (κ3) is 5.56. The number of methoxy groups -OCH3 is 1. The van der Waals surface area contributed by atoms with Crippen LogP contribution in [0.15, 0.2) is 60.7 Å². The number of hydrogen-bond acceptors (Lipinski definition) is 4. The Bertz CT molecular complexity index is 1020. The van der Waals surface area contributed by atoms with Gasteiger partial charge in [-0.2, -0.15) is 0 Å². The molecule has 0 aliphatic carbocycles. The molecule has 0 aliphatic rings. The largest absolute Gasteiger partial charge is 0.493 e. The number of nitrogens with one attached hydrogen (secondary N) is 1. The number of carboxylic acid groups (broad SMARTS) is 1. The van der Waals surface area contributed by atoms with Crippen LogP contribution in [-0.2, 0) is 13.2 Å². The summed E-state index contributed by atoms with van der Waals surface area (Å²) >= 11 is 12.2. The highest BCUT2D eigenvalue weighted by Crippen LogP contribution is 2.30. The van der Waals surface area contributed by atoms with E-state index in [0.717, 1.165) is 11.1 Å². The minimum atomic E-state index is -1.01. The molecule has 7 heteroatoms. The van der Waals surface area contributed by atoms with E-state index in [-0.39, 0.29) is 5.56 Å². The molecule has 0 saturated carbocycles. The lowest BCUT2D eigenvalue weighted by molar-refractivity contribution is 0.0697. The summed E-state index contributed by atoms with van der Waals surface area (Å²) in [6, 6.07) is 17.6. The molecule has 0 radical (unpaired) electrons. The minimum absolute atomic E-state index is 0.166. The molecule has 5 nitrogen and oxygen atoms in total. The quantitative estimate of drug-likeness (QED) is 0.465. The van der Waals surface area contributed by atoms with Gasteiger partial charge in [-0.25, -0.2) is 4.79 Å². The number of aromatic carboxylic acids is 1. The summed E-state index contributed by atoms with van der Waals surface area (Å²) < 4.78 is 11.3. The summed E-state index contributed by atoms with van der Waals surface area (Å²) in [5.74, 6) is 0.200. The van der Waals surface area contributed by atoms with Crippen molar-refractivity contribution in [2.75, 3.05) is 12.4 Å². The van der Waals surface area contributed by atoms with Crippen molar-refractivity contribution in [3.05, 3.63) is 87.4 Å². The van der Waals surface area contributed by atoms with Crippen LogP contribution in [0, 0.1) is 0 Å². The number of ether oxygens (including phenoxy) is 2. The number of carboxylic acids is 1. The van der Waals surface area contributed by atoms with E-state index < -0.39 is 5.97 Å². The molecule has 0 atom stereocenters. The normalized spacial score (nSPS) is 10.4. The van der Waals surface area contributed by atoms with E-state index >= 15 is 0 Å². The van der Waals surface area contributed by atoms with Crippen LogP contribution < -0.4 is 14.8 Å². The van der Waals surface area contributed by atoms with Crippen molar-refractivity contribution in [1.29, 1.82) is 0 Å². The Morgan fingerprint density at radius 2 is 1.83 bits per heavy atom. The Labute approximate surface area is 178 Å². The predicted octanol–water partition coefficient (Wildman–Crippen LogP) is 5.89. The van der Waals surface area contributed by atoms with Crippen molar-refractivity contribution < 1.29 is 19.4 Å². The van der Waals surface area contributed by atoms with Crippen LogP contribution in [0.1, 0.15) is 21.5 Å². The van der Waals surface area contributed by atoms with Gasteiger partial charge in [0.25, 0.3) is 0 Å². The van der Waals surface area contributed by atoms with Gasteiger partial charge in [-0.3, -0.25) is 0 Å². The molecule has 0 unspecified atom stereocenters. The fourth-order valence-electron chi connectivity index (χ4n) is 2.72. The maximum Gasteiger partial charge on any atom is 0.335 e. The SMILES string of the molecule is COc1cc(CNc2cc(C(=O)O)ccc2Cl)ccc1OCc1cccc(Cl)c1. The molecule has 0 amide bonds. The first kappa shape index (κ1) is 20.8. The molecule has 3 rings (SSSR count). The third-order valence-corrected chi connectivity index (χ3v) is 4.77. The Morgan fingerprint density at radius 3 is 2.55 bits per heavy atom. The lowest BCUT2D eigenvalue weighted by Crippen LogP contribution is -2.04. The van der Waals surface area contributed by atoms with Gasteiger partial charge in [-0.15, -0.1) is 0 Å². The molecule has 3 aromatic rings. The highest BCUT2D eigenvalue weighted by atomic mass is 35.5. The molecule has 150 valence electrons. The number of rotatable bonds is 8. The van der Waals surface area contributed by atoms with Crippen LogP contribution in [0.2, 0.25) is 10.0 Å². The fourth-order valence-corrected chi connectivity index (χ4v) is 3.12. The van der Waals surface area contributed by atoms with Gasteiger partial charge < -0.3 is 19.9 Å². The molecule has 0 aliphatic heterocycles. The first-order valence-electron chi connectivity index (χ1n) is 8.77. The maximum absolute atomic E-state index is 11.1. The second kappa shape index (κ2) is 9.54. The molecular formula is C22H19Cl2NO4. The maximum atomic E-state index is 11.1. The Balaban J connectivity index is 1.69. The van der Waals surface area contributed by atoms with E-state index in [2.05, 4.69) is 5.32 Å². The lowest BCUT2D eigenvalue weighted by Gasteiger charge is -2.14. The van der Waals surface area contributed by atoms with Crippen LogP contribution in [0.25, 0.3) is 0 Å². The molecule has 0 saturated heterocycles. The van der Waals surface area contributed by atoms with Crippen molar-refractivity contribution in [2.45, 2.75) is 13.2 Å². The fraction of sp³-hybridized carbons (Fsp3) is 0.136. The first-order chi connectivity index (χ1) is 14.0. The summed E-state index contributed by atoms with van der Waals surface area (Å²) in [6.45, 7) is 0.805. The van der Waals surface area contributed by atoms with E-state index in [1.807, 2.05) is 42.5 Å². The summed E-state index contributed by atoms with van der Waals surface area (Å²) in [5.41, 5.74) is 2.60. The number of halogens is 2. The average molecular weight is 432 g/mol. The van der Waals surface area contributed by atoms with Gasteiger partial charge in [0.1, 0.15) is 6.61 Å². The second-order valence-electron chi connectivity index (χ2n) is 6.26. The van der Waals surface area contributed by atoms with Gasteiger partial charge in [-0.1, -0.05) is 41.4 Å². The Kier molecular flexibility index (Phi) is 6.86. The summed E-state index contributed by atoms with van der Waals surface area (Å²) in [4.78, 5) is 11.1. The highest BCUT2D eigenvalue weighted by Gasteiger charge is 2.09. The molecule has 0 aromatic heterocycles. The van der Waals surface area contributed by atoms with Gasteiger partial charge in [0.15, 0.2) is 11.5 Å². The van der Waals surface area contributed by atoms with E-state index in [0.29, 0.717) is 40.4 Å². The summed E-state index contributed by atoms with van der Waals surface area (Å²) in [5, 5.41) is 13.4. The van der Waals surface area contributed by atoms with Gasteiger partial charge in [0, 0.05) is 11.6 Å². The first-order valence-corrected chi connectivity index (χ1v) is 9.52. The van der Waals surface area contributed by atoms with Gasteiger partial charge in [-0.05, 0) is 53.6 Å². The third-order valence-electron chi connectivity index (χ3n) is 4.21. The molecular weight excluding hydrogens is 413 g/mol. The zero-order valence-corrected chi connectivity index (χ0v) is 17.1. The lowest BCUT2D eigenvalue weighted by atomic mass is 10.1. The Morgan fingerprint density at radius 1 is 1.00 bits per heavy atom.